The topological polar surface area (TPSA) is 64.2 Å². The predicted octanol–water partition coefficient (Wildman–Crippen LogP) is 1.75. The van der Waals surface area contributed by atoms with Crippen molar-refractivity contribution in [2.75, 3.05) is 18.0 Å². The number of rotatable bonds is 4. The highest BCUT2D eigenvalue weighted by molar-refractivity contribution is 5.43. The molecule has 1 saturated heterocycles. The highest BCUT2D eigenvalue weighted by atomic mass is 16.1. The van der Waals surface area contributed by atoms with Gasteiger partial charge in [-0.05, 0) is 31.6 Å². The second-order valence-electron chi connectivity index (χ2n) is 6.49. The van der Waals surface area contributed by atoms with E-state index in [4.69, 9.17) is 5.73 Å². The lowest BCUT2D eigenvalue weighted by molar-refractivity contribution is 0.277. The van der Waals surface area contributed by atoms with E-state index in [0.717, 1.165) is 18.8 Å². The summed E-state index contributed by atoms with van der Waals surface area (Å²) in [6.07, 6.45) is 10.5. The van der Waals surface area contributed by atoms with Gasteiger partial charge in [-0.3, -0.25) is 4.79 Å². The highest BCUT2D eigenvalue weighted by Crippen LogP contribution is 2.26. The van der Waals surface area contributed by atoms with Crippen LogP contribution in [0.1, 0.15) is 44.9 Å². The van der Waals surface area contributed by atoms with Crippen molar-refractivity contribution in [3.05, 3.63) is 22.6 Å². The number of hydrogen-bond donors (Lipinski definition) is 1. The molecule has 0 bridgehead atoms. The minimum Gasteiger partial charge on any atom is -0.370 e. The lowest BCUT2D eigenvalue weighted by Crippen LogP contribution is -2.39. The second-order valence-corrected chi connectivity index (χ2v) is 6.49. The van der Waals surface area contributed by atoms with Crippen LogP contribution in [0.15, 0.2) is 17.1 Å². The van der Waals surface area contributed by atoms with Gasteiger partial charge in [0, 0.05) is 25.2 Å². The van der Waals surface area contributed by atoms with Crippen LogP contribution in [-0.4, -0.2) is 28.9 Å². The molecule has 0 radical (unpaired) electrons. The van der Waals surface area contributed by atoms with Crippen LogP contribution in [0, 0.1) is 5.92 Å². The Labute approximate surface area is 126 Å². The van der Waals surface area contributed by atoms with Gasteiger partial charge in [0.25, 0.3) is 5.56 Å². The Hall–Kier alpha value is -1.36. The second kappa shape index (κ2) is 6.60. The number of hydrogen-bond acceptors (Lipinski definition) is 4. The SMILES string of the molecule is NC(Cn1ncc(N2CCCC2)cc1=O)C1CCCCC1. The van der Waals surface area contributed by atoms with Crippen LogP contribution < -0.4 is 16.2 Å². The molecule has 2 heterocycles. The summed E-state index contributed by atoms with van der Waals surface area (Å²) in [5.41, 5.74) is 7.24. The number of nitrogens with zero attached hydrogens (tertiary/aromatic N) is 3. The quantitative estimate of drug-likeness (QED) is 0.917. The van der Waals surface area contributed by atoms with Gasteiger partial charge >= 0.3 is 0 Å². The minimum atomic E-state index is -0.0225. The third-order valence-corrected chi connectivity index (χ3v) is 4.97. The fraction of sp³-hybridized carbons (Fsp3) is 0.750. The lowest BCUT2D eigenvalue weighted by Gasteiger charge is -2.27. The molecule has 2 aliphatic rings. The standard InChI is InChI=1S/C16H26N4O/c17-15(13-6-2-1-3-7-13)12-20-16(21)10-14(11-18-20)19-8-4-5-9-19/h10-11,13,15H,1-9,12,17H2. The van der Waals surface area contributed by atoms with Crippen LogP contribution in [0.25, 0.3) is 0 Å². The Bertz CT molecular complexity index is 515. The molecule has 5 heteroatoms. The molecular weight excluding hydrogens is 264 g/mol. The van der Waals surface area contributed by atoms with E-state index in [1.807, 2.05) is 6.20 Å². The Kier molecular flexibility index (Phi) is 4.58. The van der Waals surface area contributed by atoms with Gasteiger partial charge in [0.2, 0.25) is 0 Å². The smallest absolute Gasteiger partial charge is 0.268 e. The van der Waals surface area contributed by atoms with Crippen molar-refractivity contribution in [1.82, 2.24) is 9.78 Å². The first kappa shape index (κ1) is 14.6. The molecule has 21 heavy (non-hydrogen) atoms. The summed E-state index contributed by atoms with van der Waals surface area (Å²) in [7, 11) is 0. The van der Waals surface area contributed by atoms with E-state index in [1.54, 1.807) is 10.7 Å². The normalized spacial score (nSPS) is 21.7. The first-order chi connectivity index (χ1) is 10.2. The molecule has 116 valence electrons. The van der Waals surface area contributed by atoms with E-state index >= 15 is 0 Å². The molecular formula is C16H26N4O. The molecule has 0 amide bonds. The third-order valence-electron chi connectivity index (χ3n) is 4.97. The first-order valence-electron chi connectivity index (χ1n) is 8.32. The highest BCUT2D eigenvalue weighted by Gasteiger charge is 2.21. The minimum absolute atomic E-state index is 0.0225. The van der Waals surface area contributed by atoms with Crippen LogP contribution in [0.5, 0.6) is 0 Å². The molecule has 0 aromatic carbocycles. The van der Waals surface area contributed by atoms with E-state index in [0.29, 0.717) is 12.5 Å². The summed E-state index contributed by atoms with van der Waals surface area (Å²) in [6.45, 7) is 2.61. The van der Waals surface area contributed by atoms with Crippen LogP contribution >= 0.6 is 0 Å². The lowest BCUT2D eigenvalue weighted by atomic mass is 9.84. The van der Waals surface area contributed by atoms with E-state index in [-0.39, 0.29) is 11.6 Å². The van der Waals surface area contributed by atoms with Gasteiger partial charge in [0.15, 0.2) is 0 Å². The predicted molar refractivity (Wildman–Crippen MR) is 84.5 cm³/mol. The van der Waals surface area contributed by atoms with Crippen molar-refractivity contribution in [3.8, 4) is 0 Å². The van der Waals surface area contributed by atoms with Gasteiger partial charge in [-0.25, -0.2) is 4.68 Å². The van der Waals surface area contributed by atoms with E-state index in [1.165, 1.54) is 44.9 Å². The molecule has 0 spiro atoms. The van der Waals surface area contributed by atoms with Crippen molar-refractivity contribution in [2.24, 2.45) is 11.7 Å². The van der Waals surface area contributed by atoms with E-state index in [9.17, 15) is 4.79 Å². The van der Waals surface area contributed by atoms with Crippen LogP contribution in [0.2, 0.25) is 0 Å². The van der Waals surface area contributed by atoms with Gasteiger partial charge in [0.1, 0.15) is 0 Å². The maximum atomic E-state index is 12.2. The molecule has 5 nitrogen and oxygen atoms in total. The van der Waals surface area contributed by atoms with E-state index < -0.39 is 0 Å². The van der Waals surface area contributed by atoms with Gasteiger partial charge < -0.3 is 10.6 Å². The fourth-order valence-electron chi connectivity index (χ4n) is 3.62. The zero-order valence-corrected chi connectivity index (χ0v) is 12.7. The Morgan fingerprint density at radius 3 is 2.57 bits per heavy atom. The zero-order valence-electron chi connectivity index (χ0n) is 12.7. The summed E-state index contributed by atoms with van der Waals surface area (Å²) >= 11 is 0. The molecule has 1 aromatic rings. The van der Waals surface area contributed by atoms with Gasteiger partial charge in [-0.1, -0.05) is 19.3 Å². The molecule has 2 N–H and O–H groups in total. The van der Waals surface area contributed by atoms with Crippen molar-refractivity contribution < 1.29 is 0 Å². The van der Waals surface area contributed by atoms with Crippen molar-refractivity contribution in [3.63, 3.8) is 0 Å². The summed E-state index contributed by atoms with van der Waals surface area (Å²) < 4.78 is 1.54. The van der Waals surface area contributed by atoms with Crippen molar-refractivity contribution >= 4 is 5.69 Å². The largest absolute Gasteiger partial charge is 0.370 e. The molecule has 1 aliphatic carbocycles. The fourth-order valence-corrected chi connectivity index (χ4v) is 3.62. The molecule has 1 atom stereocenters. The maximum Gasteiger partial charge on any atom is 0.268 e. The molecule has 2 fully saturated rings. The Morgan fingerprint density at radius 2 is 1.90 bits per heavy atom. The Balaban J connectivity index is 1.66. The first-order valence-corrected chi connectivity index (χ1v) is 8.32. The molecule has 1 unspecified atom stereocenters. The molecule has 1 aliphatic heterocycles. The number of nitrogens with two attached hydrogens (primary N) is 1. The van der Waals surface area contributed by atoms with Crippen molar-refractivity contribution in [2.45, 2.75) is 57.5 Å². The maximum absolute atomic E-state index is 12.2. The Morgan fingerprint density at radius 1 is 1.19 bits per heavy atom. The average Bonchev–Trinajstić information content (AvgIpc) is 3.04. The van der Waals surface area contributed by atoms with Crippen LogP contribution in [-0.2, 0) is 6.54 Å². The number of anilines is 1. The number of aromatic nitrogens is 2. The molecule has 1 aromatic heterocycles. The molecule has 1 saturated carbocycles. The van der Waals surface area contributed by atoms with Crippen LogP contribution in [0.4, 0.5) is 5.69 Å². The summed E-state index contributed by atoms with van der Waals surface area (Å²) in [4.78, 5) is 14.5. The van der Waals surface area contributed by atoms with Gasteiger partial charge in [0.05, 0.1) is 18.4 Å². The zero-order chi connectivity index (χ0) is 14.7. The summed E-state index contributed by atoms with van der Waals surface area (Å²) in [5, 5.41) is 4.34. The van der Waals surface area contributed by atoms with Crippen molar-refractivity contribution in [1.29, 1.82) is 0 Å². The van der Waals surface area contributed by atoms with E-state index in [2.05, 4.69) is 10.00 Å². The summed E-state index contributed by atoms with van der Waals surface area (Å²) in [5.74, 6) is 0.547. The van der Waals surface area contributed by atoms with Gasteiger partial charge in [-0.2, -0.15) is 5.10 Å². The third kappa shape index (κ3) is 3.46. The van der Waals surface area contributed by atoms with Gasteiger partial charge in [-0.15, -0.1) is 0 Å². The monoisotopic (exact) mass is 290 g/mol. The summed E-state index contributed by atoms with van der Waals surface area (Å²) in [6, 6.07) is 1.76. The molecule has 3 rings (SSSR count). The average molecular weight is 290 g/mol. The van der Waals surface area contributed by atoms with Crippen LogP contribution in [0.3, 0.4) is 0 Å².